The Morgan fingerprint density at radius 3 is 2.47 bits per heavy atom. The van der Waals surface area contributed by atoms with E-state index in [0.29, 0.717) is 42.2 Å². The molecule has 3 aromatic rings. The number of amides is 1. The average Bonchev–Trinajstić information content (AvgIpc) is 3.35. The molecule has 9 heteroatoms. The quantitative estimate of drug-likeness (QED) is 0.501. The van der Waals surface area contributed by atoms with Crippen LogP contribution >= 0.6 is 18.8 Å². The molecule has 0 radical (unpaired) electrons. The topological polar surface area (TPSA) is 73.9 Å². The SMILES string of the molecule is CN(C)c1ccc([P@@](=O)(Nc2ccccc2)N2CCOCC2)c(NC(=O)c2cccs2)c1. The van der Waals surface area contributed by atoms with E-state index in [9.17, 15) is 9.36 Å². The second-order valence-corrected chi connectivity index (χ2v) is 11.0. The summed E-state index contributed by atoms with van der Waals surface area (Å²) in [7, 11) is 0.552. The highest BCUT2D eigenvalue weighted by Crippen LogP contribution is 2.50. The molecule has 2 heterocycles. The monoisotopic (exact) mass is 470 g/mol. The van der Waals surface area contributed by atoms with E-state index < -0.39 is 7.44 Å². The number of nitrogens with zero attached hydrogens (tertiary/aromatic N) is 2. The van der Waals surface area contributed by atoms with Crippen molar-refractivity contribution in [2.75, 3.05) is 55.7 Å². The molecule has 0 unspecified atom stereocenters. The van der Waals surface area contributed by atoms with Gasteiger partial charge in [0.05, 0.1) is 29.1 Å². The lowest BCUT2D eigenvalue weighted by atomic mass is 10.2. The highest BCUT2D eigenvalue weighted by atomic mass is 32.1. The Hall–Kier alpha value is -2.64. The summed E-state index contributed by atoms with van der Waals surface area (Å²) in [5, 5.41) is 8.75. The van der Waals surface area contributed by atoms with E-state index in [2.05, 4.69) is 10.4 Å². The molecule has 0 aliphatic carbocycles. The van der Waals surface area contributed by atoms with Gasteiger partial charge in [0.15, 0.2) is 0 Å². The molecular formula is C23H27N4O3PS. The summed E-state index contributed by atoms with van der Waals surface area (Å²) < 4.78 is 22.2. The summed E-state index contributed by atoms with van der Waals surface area (Å²) in [5.74, 6) is -0.217. The van der Waals surface area contributed by atoms with Crippen LogP contribution in [0.2, 0.25) is 0 Å². The largest absolute Gasteiger partial charge is 0.379 e. The van der Waals surface area contributed by atoms with Gasteiger partial charge in [-0.2, -0.15) is 0 Å². The van der Waals surface area contributed by atoms with E-state index in [1.54, 1.807) is 6.07 Å². The maximum absolute atomic E-state index is 14.7. The van der Waals surface area contributed by atoms with Crippen molar-refractivity contribution in [2.24, 2.45) is 0 Å². The number of ether oxygens (including phenoxy) is 1. The molecule has 168 valence electrons. The number of benzene rings is 2. The Labute approximate surface area is 192 Å². The van der Waals surface area contributed by atoms with Gasteiger partial charge >= 0.3 is 0 Å². The van der Waals surface area contributed by atoms with Crippen LogP contribution in [0.15, 0.2) is 66.0 Å². The van der Waals surface area contributed by atoms with Crippen molar-refractivity contribution < 1.29 is 14.1 Å². The van der Waals surface area contributed by atoms with Crippen LogP contribution in [0, 0.1) is 0 Å². The van der Waals surface area contributed by atoms with Crippen molar-refractivity contribution in [3.05, 3.63) is 70.9 Å². The second-order valence-electron chi connectivity index (χ2n) is 7.65. The molecule has 1 fully saturated rings. The van der Waals surface area contributed by atoms with Crippen molar-refractivity contribution >= 4 is 47.1 Å². The lowest BCUT2D eigenvalue weighted by molar-refractivity contribution is 0.0729. The molecule has 1 aliphatic heterocycles. The van der Waals surface area contributed by atoms with Gasteiger partial charge in [-0.3, -0.25) is 9.36 Å². The molecule has 1 saturated heterocycles. The number of hydrogen-bond donors (Lipinski definition) is 2. The second kappa shape index (κ2) is 9.88. The highest BCUT2D eigenvalue weighted by molar-refractivity contribution is 7.71. The number of carbonyl (C=O) groups excluding carboxylic acids is 1. The van der Waals surface area contributed by atoms with E-state index in [1.807, 2.05) is 83.6 Å². The predicted molar refractivity (Wildman–Crippen MR) is 133 cm³/mol. The Kier molecular flexibility index (Phi) is 6.96. The van der Waals surface area contributed by atoms with Crippen molar-refractivity contribution in [3.8, 4) is 0 Å². The summed E-state index contributed by atoms with van der Waals surface area (Å²) in [6.07, 6.45) is 0. The molecule has 1 atom stereocenters. The summed E-state index contributed by atoms with van der Waals surface area (Å²) in [6.45, 7) is 2.08. The van der Waals surface area contributed by atoms with Crippen molar-refractivity contribution in [1.29, 1.82) is 0 Å². The molecule has 0 spiro atoms. The van der Waals surface area contributed by atoms with Gasteiger partial charge in [-0.05, 0) is 41.8 Å². The number of thiophene rings is 1. The molecule has 4 rings (SSSR count). The Bertz CT molecular complexity index is 1100. The maximum atomic E-state index is 14.7. The fourth-order valence-corrected chi connectivity index (χ4v) is 6.70. The molecule has 0 bridgehead atoms. The maximum Gasteiger partial charge on any atom is 0.268 e. The molecule has 7 nitrogen and oxygen atoms in total. The van der Waals surface area contributed by atoms with Crippen LogP contribution in [0.4, 0.5) is 17.1 Å². The molecular weight excluding hydrogens is 443 g/mol. The number of nitrogens with one attached hydrogen (secondary N) is 2. The van der Waals surface area contributed by atoms with Crippen molar-refractivity contribution in [2.45, 2.75) is 0 Å². The zero-order chi connectivity index (χ0) is 22.6. The van der Waals surface area contributed by atoms with Gasteiger partial charge in [0, 0.05) is 38.6 Å². The minimum absolute atomic E-state index is 0.217. The molecule has 32 heavy (non-hydrogen) atoms. The lowest BCUT2D eigenvalue weighted by Crippen LogP contribution is -2.39. The van der Waals surface area contributed by atoms with Crippen LogP contribution in [0.1, 0.15) is 9.67 Å². The van der Waals surface area contributed by atoms with Crippen LogP contribution < -0.4 is 20.6 Å². The summed E-state index contributed by atoms with van der Waals surface area (Å²) in [6, 6.07) is 18.8. The molecule has 1 aliphatic rings. The zero-order valence-electron chi connectivity index (χ0n) is 18.2. The molecule has 2 aromatic carbocycles. The summed E-state index contributed by atoms with van der Waals surface area (Å²) >= 11 is 1.37. The zero-order valence-corrected chi connectivity index (χ0v) is 19.9. The smallest absolute Gasteiger partial charge is 0.268 e. The van der Waals surface area contributed by atoms with Crippen LogP contribution in [0.3, 0.4) is 0 Å². The van der Waals surface area contributed by atoms with Crippen molar-refractivity contribution in [3.63, 3.8) is 0 Å². The molecule has 1 amide bonds. The number of para-hydroxylation sites is 1. The van der Waals surface area contributed by atoms with Gasteiger partial charge < -0.3 is 20.0 Å². The number of morpholine rings is 1. The molecule has 0 saturated carbocycles. The lowest BCUT2D eigenvalue weighted by Gasteiger charge is -2.36. The van der Waals surface area contributed by atoms with E-state index in [-0.39, 0.29) is 5.91 Å². The average molecular weight is 471 g/mol. The van der Waals surface area contributed by atoms with E-state index in [1.165, 1.54) is 11.3 Å². The Balaban J connectivity index is 1.79. The standard InChI is InChI=1S/C23H27N4O3PS/c1-26(2)19-10-11-21(20(17-19)24-23(28)22-9-6-16-32-22)31(29,27-12-14-30-15-13-27)25-18-7-4-3-5-8-18/h3-11,16-17H,12-15H2,1-2H3,(H,24,28)(H,25,29)/t31-/m1/s1. The van der Waals surface area contributed by atoms with Gasteiger partial charge in [-0.15, -0.1) is 11.3 Å². The first kappa shape index (κ1) is 22.6. The van der Waals surface area contributed by atoms with Gasteiger partial charge in [0.1, 0.15) is 0 Å². The highest BCUT2D eigenvalue weighted by Gasteiger charge is 2.36. The number of rotatable bonds is 7. The first-order valence-electron chi connectivity index (χ1n) is 10.4. The fraction of sp³-hybridized carbons (Fsp3) is 0.261. The van der Waals surface area contributed by atoms with Gasteiger partial charge in [0.25, 0.3) is 13.4 Å². The number of carbonyl (C=O) groups is 1. The Morgan fingerprint density at radius 1 is 1.06 bits per heavy atom. The third-order valence-corrected chi connectivity index (χ3v) is 8.93. The number of hydrogen-bond acceptors (Lipinski definition) is 5. The molecule has 2 N–H and O–H groups in total. The minimum Gasteiger partial charge on any atom is -0.379 e. The summed E-state index contributed by atoms with van der Waals surface area (Å²) in [5.41, 5.74) is 2.20. The van der Waals surface area contributed by atoms with Crippen LogP contribution in [-0.2, 0) is 9.30 Å². The van der Waals surface area contributed by atoms with Crippen molar-refractivity contribution in [1.82, 2.24) is 4.67 Å². The first-order chi connectivity index (χ1) is 15.5. The van der Waals surface area contributed by atoms with E-state index in [0.717, 1.165) is 11.4 Å². The third-order valence-electron chi connectivity index (χ3n) is 5.26. The fourth-order valence-electron chi connectivity index (χ4n) is 3.56. The third kappa shape index (κ3) is 4.89. The normalized spacial score (nSPS) is 16.2. The first-order valence-corrected chi connectivity index (χ1v) is 12.9. The van der Waals surface area contributed by atoms with E-state index in [4.69, 9.17) is 4.74 Å². The number of anilines is 3. The van der Waals surface area contributed by atoms with E-state index >= 15 is 0 Å². The van der Waals surface area contributed by atoms with Gasteiger partial charge in [-0.25, -0.2) is 4.67 Å². The molecule has 1 aromatic heterocycles. The van der Waals surface area contributed by atoms with Gasteiger partial charge in [0.2, 0.25) is 0 Å². The Morgan fingerprint density at radius 2 is 1.81 bits per heavy atom. The predicted octanol–water partition coefficient (Wildman–Crippen LogP) is 4.33. The summed E-state index contributed by atoms with van der Waals surface area (Å²) in [4.78, 5) is 15.5. The van der Waals surface area contributed by atoms with Gasteiger partial charge in [-0.1, -0.05) is 24.3 Å². The van der Waals surface area contributed by atoms with Crippen LogP contribution in [0.25, 0.3) is 0 Å². The van der Waals surface area contributed by atoms with Crippen LogP contribution in [0.5, 0.6) is 0 Å². The van der Waals surface area contributed by atoms with Crippen LogP contribution in [-0.4, -0.2) is 51.0 Å². The minimum atomic E-state index is -3.32.